The van der Waals surface area contributed by atoms with Crippen molar-refractivity contribution in [1.82, 2.24) is 20.4 Å². The number of nitrogens with one attached hydrogen (secondary N) is 2. The van der Waals surface area contributed by atoms with E-state index in [0.717, 1.165) is 77.4 Å². The Hall–Kier alpha value is -1.22. The smallest absolute Gasteiger partial charge is 0.220 e. The van der Waals surface area contributed by atoms with E-state index in [1.54, 1.807) is 0 Å². The molecule has 2 heterocycles. The normalized spacial score (nSPS) is 18.7. The van der Waals surface area contributed by atoms with Crippen LogP contribution in [0.15, 0.2) is 0 Å². The lowest BCUT2D eigenvalue weighted by Gasteiger charge is -2.32. The molecule has 2 fully saturated rings. The van der Waals surface area contributed by atoms with Crippen molar-refractivity contribution in [3.63, 3.8) is 0 Å². The molecule has 210 valence electrons. The van der Waals surface area contributed by atoms with Gasteiger partial charge in [-0.05, 0) is 96.8 Å². The standard InChI is InChI=1S/C28H54N4O4/c33-24-26(34)12-6-7-17-29-27(35)13-4-1-9-21-32-22-15-25(16-23-32)30-28(36)14-5-2-8-18-31-19-10-3-11-20-31/h25-26,33-34H,1-24H2,(H,29,35)(H,30,36). The Balaban J connectivity index is 1.37. The van der Waals surface area contributed by atoms with Crippen molar-refractivity contribution in [2.24, 2.45) is 0 Å². The first-order valence-electron chi connectivity index (χ1n) is 14.9. The molecule has 2 aliphatic rings. The van der Waals surface area contributed by atoms with Gasteiger partial charge in [0.25, 0.3) is 0 Å². The minimum absolute atomic E-state index is 0.108. The van der Waals surface area contributed by atoms with Crippen LogP contribution < -0.4 is 10.6 Å². The van der Waals surface area contributed by atoms with E-state index >= 15 is 0 Å². The van der Waals surface area contributed by atoms with Gasteiger partial charge in [-0.1, -0.05) is 19.3 Å². The van der Waals surface area contributed by atoms with E-state index in [-0.39, 0.29) is 18.4 Å². The van der Waals surface area contributed by atoms with Gasteiger partial charge in [0.05, 0.1) is 12.7 Å². The zero-order chi connectivity index (χ0) is 25.8. The lowest BCUT2D eigenvalue weighted by molar-refractivity contribution is -0.122. The van der Waals surface area contributed by atoms with Crippen LogP contribution in [0, 0.1) is 0 Å². The van der Waals surface area contributed by atoms with Crippen LogP contribution in [0.5, 0.6) is 0 Å². The summed E-state index contributed by atoms with van der Waals surface area (Å²) >= 11 is 0. The lowest BCUT2D eigenvalue weighted by Crippen LogP contribution is -2.44. The molecular formula is C28H54N4O4. The van der Waals surface area contributed by atoms with Gasteiger partial charge in [0.1, 0.15) is 0 Å². The monoisotopic (exact) mass is 510 g/mol. The third kappa shape index (κ3) is 15.1. The highest BCUT2D eigenvalue weighted by Crippen LogP contribution is 2.13. The molecule has 0 aromatic heterocycles. The molecule has 0 aliphatic carbocycles. The van der Waals surface area contributed by atoms with Gasteiger partial charge >= 0.3 is 0 Å². The first-order chi connectivity index (χ1) is 17.6. The fourth-order valence-electron chi connectivity index (χ4n) is 5.29. The van der Waals surface area contributed by atoms with E-state index in [0.29, 0.717) is 31.8 Å². The fraction of sp³-hybridized carbons (Fsp3) is 0.929. The molecule has 1 unspecified atom stereocenters. The molecule has 0 spiro atoms. The van der Waals surface area contributed by atoms with Crippen molar-refractivity contribution in [2.75, 3.05) is 52.4 Å². The highest BCUT2D eigenvalue weighted by atomic mass is 16.3. The molecule has 0 aromatic rings. The van der Waals surface area contributed by atoms with Crippen LogP contribution in [0.25, 0.3) is 0 Å². The third-order valence-electron chi connectivity index (χ3n) is 7.65. The predicted octanol–water partition coefficient (Wildman–Crippen LogP) is 2.81. The molecule has 2 aliphatic heterocycles. The Bertz CT molecular complexity index is 578. The molecule has 2 rings (SSSR count). The second kappa shape index (κ2) is 19.8. The number of likely N-dealkylation sites (tertiary alicyclic amines) is 2. The van der Waals surface area contributed by atoms with Crippen LogP contribution in [0.3, 0.4) is 0 Å². The number of aliphatic hydroxyl groups is 2. The Morgan fingerprint density at radius 3 is 2.00 bits per heavy atom. The number of nitrogens with zero attached hydrogens (tertiary/aromatic N) is 2. The largest absolute Gasteiger partial charge is 0.394 e. The van der Waals surface area contributed by atoms with Crippen LogP contribution in [0.1, 0.15) is 103 Å². The molecule has 0 radical (unpaired) electrons. The average molecular weight is 511 g/mol. The summed E-state index contributed by atoms with van der Waals surface area (Å²) in [5.74, 6) is 0.337. The Morgan fingerprint density at radius 1 is 0.750 bits per heavy atom. The van der Waals surface area contributed by atoms with Gasteiger partial charge in [0.2, 0.25) is 11.8 Å². The quantitative estimate of drug-likeness (QED) is 0.199. The minimum Gasteiger partial charge on any atom is -0.394 e. The number of carbonyl (C=O) groups excluding carboxylic acids is 2. The van der Waals surface area contributed by atoms with E-state index in [1.165, 1.54) is 45.3 Å². The number of rotatable bonds is 19. The van der Waals surface area contributed by atoms with Crippen LogP contribution in [0.2, 0.25) is 0 Å². The van der Waals surface area contributed by atoms with E-state index in [9.17, 15) is 14.7 Å². The summed E-state index contributed by atoms with van der Waals surface area (Å²) < 4.78 is 0. The second-order valence-corrected chi connectivity index (χ2v) is 10.9. The van der Waals surface area contributed by atoms with Gasteiger partial charge in [-0.3, -0.25) is 9.59 Å². The maximum absolute atomic E-state index is 12.3. The number of amides is 2. The Labute approximate surface area is 219 Å². The first-order valence-corrected chi connectivity index (χ1v) is 14.9. The Morgan fingerprint density at radius 2 is 1.36 bits per heavy atom. The molecule has 2 amide bonds. The topological polar surface area (TPSA) is 105 Å². The number of hydrogen-bond acceptors (Lipinski definition) is 6. The molecule has 2 saturated heterocycles. The highest BCUT2D eigenvalue weighted by molar-refractivity contribution is 5.76. The van der Waals surface area contributed by atoms with E-state index in [1.807, 2.05) is 0 Å². The van der Waals surface area contributed by atoms with Crippen molar-refractivity contribution in [1.29, 1.82) is 0 Å². The number of aliphatic hydroxyl groups excluding tert-OH is 2. The number of piperidine rings is 2. The number of carbonyl (C=O) groups is 2. The lowest BCUT2D eigenvalue weighted by atomic mass is 10.0. The predicted molar refractivity (Wildman–Crippen MR) is 145 cm³/mol. The molecule has 0 saturated carbocycles. The van der Waals surface area contributed by atoms with Gasteiger partial charge in [-0.15, -0.1) is 0 Å². The summed E-state index contributed by atoms with van der Waals surface area (Å²) in [4.78, 5) is 29.3. The molecule has 1 atom stereocenters. The molecule has 36 heavy (non-hydrogen) atoms. The number of unbranched alkanes of at least 4 members (excludes halogenated alkanes) is 5. The minimum atomic E-state index is -0.640. The van der Waals surface area contributed by atoms with Crippen molar-refractivity contribution in [2.45, 2.75) is 115 Å². The summed E-state index contributed by atoms with van der Waals surface area (Å²) in [7, 11) is 0. The molecule has 4 N–H and O–H groups in total. The average Bonchev–Trinajstić information content (AvgIpc) is 2.89. The third-order valence-corrected chi connectivity index (χ3v) is 7.65. The van der Waals surface area contributed by atoms with Crippen molar-refractivity contribution < 1.29 is 19.8 Å². The van der Waals surface area contributed by atoms with Gasteiger partial charge in [-0.2, -0.15) is 0 Å². The molecular weight excluding hydrogens is 456 g/mol. The zero-order valence-corrected chi connectivity index (χ0v) is 22.7. The summed E-state index contributed by atoms with van der Waals surface area (Å²) in [6.45, 7) is 7.34. The van der Waals surface area contributed by atoms with Gasteiger partial charge < -0.3 is 30.6 Å². The molecule has 8 heteroatoms. The second-order valence-electron chi connectivity index (χ2n) is 10.9. The van der Waals surface area contributed by atoms with Gasteiger partial charge in [0.15, 0.2) is 0 Å². The van der Waals surface area contributed by atoms with Gasteiger partial charge in [0, 0.05) is 38.5 Å². The molecule has 0 aromatic carbocycles. The summed E-state index contributed by atoms with van der Waals surface area (Å²) in [6, 6.07) is 0.331. The molecule has 8 nitrogen and oxygen atoms in total. The summed E-state index contributed by atoms with van der Waals surface area (Å²) in [5, 5.41) is 24.3. The van der Waals surface area contributed by atoms with Crippen LogP contribution in [-0.2, 0) is 9.59 Å². The van der Waals surface area contributed by atoms with Crippen LogP contribution >= 0.6 is 0 Å². The maximum atomic E-state index is 12.3. The van der Waals surface area contributed by atoms with Crippen molar-refractivity contribution in [3.05, 3.63) is 0 Å². The summed E-state index contributed by atoms with van der Waals surface area (Å²) in [6.07, 6.45) is 15.4. The van der Waals surface area contributed by atoms with Crippen molar-refractivity contribution in [3.8, 4) is 0 Å². The van der Waals surface area contributed by atoms with Gasteiger partial charge in [-0.25, -0.2) is 0 Å². The maximum Gasteiger partial charge on any atom is 0.220 e. The van der Waals surface area contributed by atoms with E-state index in [2.05, 4.69) is 20.4 Å². The zero-order valence-electron chi connectivity index (χ0n) is 22.7. The SMILES string of the molecule is O=C(CCCCCN1CCC(NC(=O)CCCCCN2CCCCC2)CC1)NCCCCC(O)CO. The first kappa shape index (κ1) is 31.0. The van der Waals surface area contributed by atoms with E-state index < -0.39 is 6.10 Å². The van der Waals surface area contributed by atoms with E-state index in [4.69, 9.17) is 5.11 Å². The highest BCUT2D eigenvalue weighted by Gasteiger charge is 2.20. The number of hydrogen-bond donors (Lipinski definition) is 4. The Kier molecular flexibility index (Phi) is 17.1. The fourth-order valence-corrected chi connectivity index (χ4v) is 5.29. The molecule has 0 bridgehead atoms. The van der Waals surface area contributed by atoms with Crippen LogP contribution in [0.4, 0.5) is 0 Å². The summed E-state index contributed by atoms with van der Waals surface area (Å²) in [5.41, 5.74) is 0. The van der Waals surface area contributed by atoms with Crippen LogP contribution in [-0.4, -0.2) is 96.4 Å². The van der Waals surface area contributed by atoms with Crippen molar-refractivity contribution >= 4 is 11.8 Å².